The van der Waals surface area contributed by atoms with Gasteiger partial charge in [-0.1, -0.05) is 41.4 Å². The van der Waals surface area contributed by atoms with Gasteiger partial charge in [0.25, 0.3) is 5.91 Å². The normalized spacial score (nSPS) is 15.7. The SMILES string of the molecule is Nc1nc(NC2Cc3ccccc3N(C(=O)c3ccc(Cl)cc3Cl)C2)c2cn[nH]c2n1. The zero-order chi connectivity index (χ0) is 21.5. The molecule has 0 fully saturated rings. The van der Waals surface area contributed by atoms with Gasteiger partial charge in [0.1, 0.15) is 5.82 Å². The summed E-state index contributed by atoms with van der Waals surface area (Å²) in [5.74, 6) is 0.505. The summed E-state index contributed by atoms with van der Waals surface area (Å²) in [5, 5.41) is 11.8. The van der Waals surface area contributed by atoms with E-state index in [9.17, 15) is 4.79 Å². The van der Waals surface area contributed by atoms with Crippen LogP contribution >= 0.6 is 23.2 Å². The van der Waals surface area contributed by atoms with Gasteiger partial charge in [-0.25, -0.2) is 0 Å². The highest BCUT2D eigenvalue weighted by molar-refractivity contribution is 6.37. The van der Waals surface area contributed by atoms with Crippen LogP contribution < -0.4 is 16.0 Å². The number of hydrogen-bond acceptors (Lipinski definition) is 6. The molecule has 2 aromatic carbocycles. The molecule has 1 atom stereocenters. The van der Waals surface area contributed by atoms with Gasteiger partial charge in [0.15, 0.2) is 5.65 Å². The Kier molecular flexibility index (Phi) is 4.88. The number of hydrogen-bond donors (Lipinski definition) is 3. The van der Waals surface area contributed by atoms with Crippen molar-refractivity contribution < 1.29 is 4.79 Å². The van der Waals surface area contributed by atoms with E-state index in [0.29, 0.717) is 40.0 Å². The number of halogens is 2. The van der Waals surface area contributed by atoms with Crippen LogP contribution in [0.2, 0.25) is 10.0 Å². The van der Waals surface area contributed by atoms with Crippen molar-refractivity contribution in [2.24, 2.45) is 0 Å². The number of fused-ring (bicyclic) bond motifs is 2. The third-order valence-corrected chi connectivity index (χ3v) is 5.77. The number of anilines is 3. The fraction of sp³-hybridized carbons (Fsp3) is 0.143. The summed E-state index contributed by atoms with van der Waals surface area (Å²) in [4.78, 5) is 23.6. The van der Waals surface area contributed by atoms with E-state index in [2.05, 4.69) is 25.5 Å². The smallest absolute Gasteiger partial charge is 0.259 e. The van der Waals surface area contributed by atoms with Crippen molar-refractivity contribution in [3.05, 3.63) is 69.8 Å². The first-order chi connectivity index (χ1) is 15.0. The highest BCUT2D eigenvalue weighted by Crippen LogP contribution is 2.32. The number of amides is 1. The van der Waals surface area contributed by atoms with Gasteiger partial charge in [0.2, 0.25) is 5.95 Å². The summed E-state index contributed by atoms with van der Waals surface area (Å²) in [5.41, 5.74) is 8.68. The molecule has 2 aromatic heterocycles. The minimum absolute atomic E-state index is 0.114. The van der Waals surface area contributed by atoms with E-state index in [4.69, 9.17) is 28.9 Å². The fourth-order valence-electron chi connectivity index (χ4n) is 3.85. The van der Waals surface area contributed by atoms with E-state index in [1.54, 1.807) is 29.3 Å². The third kappa shape index (κ3) is 3.64. The van der Waals surface area contributed by atoms with E-state index >= 15 is 0 Å². The maximum atomic E-state index is 13.4. The van der Waals surface area contributed by atoms with Crippen LogP contribution in [0.4, 0.5) is 17.5 Å². The molecular weight excluding hydrogens is 437 g/mol. The van der Waals surface area contributed by atoms with Crippen LogP contribution in [0.3, 0.4) is 0 Å². The van der Waals surface area contributed by atoms with Gasteiger partial charge < -0.3 is 16.0 Å². The molecular formula is C21H17Cl2N7O. The number of nitrogens with zero attached hydrogens (tertiary/aromatic N) is 4. The second-order valence-electron chi connectivity index (χ2n) is 7.28. The molecule has 0 spiro atoms. The van der Waals surface area contributed by atoms with Crippen LogP contribution in [-0.2, 0) is 6.42 Å². The summed E-state index contributed by atoms with van der Waals surface area (Å²) in [7, 11) is 0. The molecule has 1 aliphatic heterocycles. The highest BCUT2D eigenvalue weighted by Gasteiger charge is 2.30. The minimum atomic E-state index is -0.198. The van der Waals surface area contributed by atoms with Crippen LogP contribution in [-0.4, -0.2) is 38.7 Å². The standard InChI is InChI=1S/C21H17Cl2N7O/c22-12-5-6-14(16(23)8-12)20(31)30-10-13(7-11-3-1-2-4-17(11)30)26-18-15-9-25-29-19(15)28-21(24)27-18/h1-6,8-9,13H,7,10H2,(H4,24,25,26,27,28,29). The predicted molar refractivity (Wildman–Crippen MR) is 122 cm³/mol. The van der Waals surface area contributed by atoms with Crippen LogP contribution in [0.5, 0.6) is 0 Å². The number of aromatic amines is 1. The van der Waals surface area contributed by atoms with Crippen LogP contribution in [0.15, 0.2) is 48.7 Å². The summed E-state index contributed by atoms with van der Waals surface area (Å²) in [6.45, 7) is 0.415. The van der Waals surface area contributed by atoms with Gasteiger partial charge in [-0.05, 0) is 36.2 Å². The quantitative estimate of drug-likeness (QED) is 0.433. The van der Waals surface area contributed by atoms with E-state index in [1.807, 2.05) is 24.3 Å². The van der Waals surface area contributed by atoms with Crippen molar-refractivity contribution in [3.63, 3.8) is 0 Å². The van der Waals surface area contributed by atoms with E-state index < -0.39 is 0 Å². The molecule has 5 rings (SSSR count). The first-order valence-corrected chi connectivity index (χ1v) is 10.3. The first-order valence-electron chi connectivity index (χ1n) is 9.57. The number of carbonyl (C=O) groups is 1. The van der Waals surface area contributed by atoms with Gasteiger partial charge in [-0.2, -0.15) is 15.1 Å². The number of carbonyl (C=O) groups excluding carboxylic acids is 1. The number of para-hydroxylation sites is 1. The molecule has 0 saturated carbocycles. The second kappa shape index (κ2) is 7.72. The van der Waals surface area contributed by atoms with E-state index in [1.165, 1.54) is 0 Å². The van der Waals surface area contributed by atoms with Crippen molar-refractivity contribution in [1.29, 1.82) is 0 Å². The van der Waals surface area contributed by atoms with Crippen molar-refractivity contribution in [2.75, 3.05) is 22.5 Å². The number of aromatic nitrogens is 4. The molecule has 4 aromatic rings. The van der Waals surface area contributed by atoms with Crippen LogP contribution in [0, 0.1) is 0 Å². The molecule has 1 unspecified atom stereocenters. The largest absolute Gasteiger partial charge is 0.368 e. The van der Waals surface area contributed by atoms with Crippen LogP contribution in [0.1, 0.15) is 15.9 Å². The maximum Gasteiger partial charge on any atom is 0.259 e. The third-order valence-electron chi connectivity index (χ3n) is 5.23. The average Bonchev–Trinajstić information content (AvgIpc) is 3.21. The zero-order valence-electron chi connectivity index (χ0n) is 16.1. The number of nitrogen functional groups attached to an aromatic ring is 1. The Morgan fingerprint density at radius 1 is 1.19 bits per heavy atom. The molecule has 0 bridgehead atoms. The molecule has 3 heterocycles. The van der Waals surface area contributed by atoms with Gasteiger partial charge in [-0.3, -0.25) is 9.89 Å². The van der Waals surface area contributed by atoms with Gasteiger partial charge >= 0.3 is 0 Å². The Bertz CT molecular complexity index is 1310. The van der Waals surface area contributed by atoms with E-state index in [0.717, 1.165) is 16.6 Å². The summed E-state index contributed by atoms with van der Waals surface area (Å²) >= 11 is 12.3. The lowest BCUT2D eigenvalue weighted by atomic mass is 9.97. The summed E-state index contributed by atoms with van der Waals surface area (Å²) in [6, 6.07) is 12.6. The minimum Gasteiger partial charge on any atom is -0.368 e. The number of rotatable bonds is 3. The average molecular weight is 454 g/mol. The summed E-state index contributed by atoms with van der Waals surface area (Å²) < 4.78 is 0. The predicted octanol–water partition coefficient (Wildman–Crippen LogP) is 3.93. The fourth-order valence-corrected chi connectivity index (χ4v) is 4.34. The van der Waals surface area contributed by atoms with Crippen molar-refractivity contribution in [1.82, 2.24) is 20.2 Å². The second-order valence-corrected chi connectivity index (χ2v) is 8.12. The molecule has 8 nitrogen and oxygen atoms in total. The Morgan fingerprint density at radius 2 is 2.03 bits per heavy atom. The molecule has 1 aliphatic rings. The van der Waals surface area contributed by atoms with Gasteiger partial charge in [0, 0.05) is 23.3 Å². The monoisotopic (exact) mass is 453 g/mol. The maximum absolute atomic E-state index is 13.4. The number of H-pyrrole nitrogens is 1. The Balaban J connectivity index is 1.50. The molecule has 0 saturated heterocycles. The topological polar surface area (TPSA) is 113 Å². The molecule has 156 valence electrons. The molecule has 4 N–H and O–H groups in total. The summed E-state index contributed by atoms with van der Waals surface area (Å²) in [6.07, 6.45) is 2.35. The van der Waals surface area contributed by atoms with Crippen molar-refractivity contribution in [3.8, 4) is 0 Å². The number of benzene rings is 2. The Morgan fingerprint density at radius 3 is 2.87 bits per heavy atom. The van der Waals surface area contributed by atoms with Crippen molar-refractivity contribution in [2.45, 2.75) is 12.5 Å². The van der Waals surface area contributed by atoms with Crippen molar-refractivity contribution >= 4 is 57.6 Å². The molecule has 0 radical (unpaired) electrons. The molecule has 31 heavy (non-hydrogen) atoms. The van der Waals surface area contributed by atoms with Gasteiger partial charge in [-0.15, -0.1) is 0 Å². The lowest BCUT2D eigenvalue weighted by Gasteiger charge is -2.35. The number of nitrogens with two attached hydrogens (primary N) is 1. The van der Waals surface area contributed by atoms with Crippen LogP contribution in [0.25, 0.3) is 11.0 Å². The molecule has 0 aliphatic carbocycles. The lowest BCUT2D eigenvalue weighted by Crippen LogP contribution is -2.45. The first kappa shape index (κ1) is 19.6. The molecule has 10 heteroatoms. The Labute approximate surface area is 187 Å². The lowest BCUT2D eigenvalue weighted by molar-refractivity contribution is 0.0984. The van der Waals surface area contributed by atoms with E-state index in [-0.39, 0.29) is 17.9 Å². The van der Waals surface area contributed by atoms with Gasteiger partial charge in [0.05, 0.1) is 22.2 Å². The Hall–Kier alpha value is -3.36. The molecule has 1 amide bonds. The highest BCUT2D eigenvalue weighted by atomic mass is 35.5. The zero-order valence-corrected chi connectivity index (χ0v) is 17.7. The number of nitrogens with one attached hydrogen (secondary N) is 2.